The van der Waals surface area contributed by atoms with E-state index in [2.05, 4.69) is 32.7 Å². The lowest BCUT2D eigenvalue weighted by atomic mass is 9.66. The van der Waals surface area contributed by atoms with E-state index in [4.69, 9.17) is 0 Å². The second kappa shape index (κ2) is 5.30. The minimum Gasteiger partial charge on any atom is -0.306 e. The summed E-state index contributed by atoms with van der Waals surface area (Å²) in [4.78, 5) is 2.50. The molecule has 0 atom stereocenters. The molecular weight excluding hydrogens is 206 g/mol. The molecule has 0 radical (unpaired) electrons. The summed E-state index contributed by atoms with van der Waals surface area (Å²) in [5.41, 5.74) is 0.539. The smallest absolute Gasteiger partial charge is 0.00190 e. The van der Waals surface area contributed by atoms with Crippen LogP contribution in [0.3, 0.4) is 0 Å². The average Bonchev–Trinajstić information content (AvgIpc) is 2.29. The summed E-state index contributed by atoms with van der Waals surface area (Å²) in [5, 5.41) is 0. The summed E-state index contributed by atoms with van der Waals surface area (Å²) in [6.07, 6.45) is 8.91. The lowest BCUT2D eigenvalue weighted by molar-refractivity contribution is 0.0940. The molecule has 100 valence electrons. The maximum atomic E-state index is 2.50. The zero-order valence-electron chi connectivity index (χ0n) is 12.3. The molecule has 0 bridgehead atoms. The van der Waals surface area contributed by atoms with E-state index in [9.17, 15) is 0 Å². The maximum Gasteiger partial charge on any atom is -0.00190 e. The lowest BCUT2D eigenvalue weighted by Gasteiger charge is -2.41. The van der Waals surface area contributed by atoms with E-state index in [0.29, 0.717) is 5.41 Å². The van der Waals surface area contributed by atoms with Crippen LogP contribution in [0.5, 0.6) is 0 Å². The van der Waals surface area contributed by atoms with Gasteiger partial charge >= 0.3 is 0 Å². The first-order valence-corrected chi connectivity index (χ1v) is 7.65. The monoisotopic (exact) mass is 237 g/mol. The molecule has 0 aromatic rings. The SMILES string of the molecule is CN1CCC(C2CCC(C(C)(C)C)CC2)CC1. The van der Waals surface area contributed by atoms with E-state index >= 15 is 0 Å². The Morgan fingerprint density at radius 2 is 1.24 bits per heavy atom. The zero-order chi connectivity index (χ0) is 12.5. The molecule has 0 N–H and O–H groups in total. The van der Waals surface area contributed by atoms with Crippen LogP contribution in [0, 0.1) is 23.2 Å². The van der Waals surface area contributed by atoms with Gasteiger partial charge in [-0.25, -0.2) is 0 Å². The van der Waals surface area contributed by atoms with Gasteiger partial charge in [0, 0.05) is 0 Å². The molecule has 1 heterocycles. The van der Waals surface area contributed by atoms with Gasteiger partial charge in [-0.05, 0) is 81.8 Å². The third-order valence-electron chi connectivity index (χ3n) is 5.43. The molecule has 0 aromatic carbocycles. The van der Waals surface area contributed by atoms with Crippen LogP contribution in [0.15, 0.2) is 0 Å². The highest BCUT2D eigenvalue weighted by Gasteiger charge is 2.33. The second-order valence-electron chi connectivity index (χ2n) is 7.62. The van der Waals surface area contributed by atoms with Gasteiger partial charge in [0.05, 0.1) is 0 Å². The zero-order valence-corrected chi connectivity index (χ0v) is 12.3. The normalized spacial score (nSPS) is 33.9. The van der Waals surface area contributed by atoms with Crippen LogP contribution in [-0.4, -0.2) is 25.0 Å². The molecule has 2 fully saturated rings. The molecular formula is C16H31N. The molecule has 1 saturated carbocycles. The molecule has 0 spiro atoms. The summed E-state index contributed by atoms with van der Waals surface area (Å²) in [7, 11) is 2.27. The Hall–Kier alpha value is -0.0400. The number of likely N-dealkylation sites (tertiary alicyclic amines) is 1. The van der Waals surface area contributed by atoms with Crippen LogP contribution in [0.1, 0.15) is 59.3 Å². The first-order valence-electron chi connectivity index (χ1n) is 7.65. The fraction of sp³-hybridized carbons (Fsp3) is 1.00. The lowest BCUT2D eigenvalue weighted by Crippen LogP contribution is -2.35. The van der Waals surface area contributed by atoms with Crippen molar-refractivity contribution in [2.24, 2.45) is 23.2 Å². The third-order valence-corrected chi connectivity index (χ3v) is 5.43. The van der Waals surface area contributed by atoms with Crippen molar-refractivity contribution in [2.75, 3.05) is 20.1 Å². The molecule has 1 aliphatic carbocycles. The minimum atomic E-state index is 0.539. The number of piperidine rings is 1. The standard InChI is InChI=1S/C16H31N/c1-16(2,3)15-7-5-13(6-8-15)14-9-11-17(4)12-10-14/h13-15H,5-12H2,1-4H3. The van der Waals surface area contributed by atoms with Crippen molar-refractivity contribution in [2.45, 2.75) is 59.3 Å². The maximum absolute atomic E-state index is 2.50. The quantitative estimate of drug-likeness (QED) is 0.661. The minimum absolute atomic E-state index is 0.539. The first-order chi connectivity index (χ1) is 7.97. The van der Waals surface area contributed by atoms with Gasteiger partial charge < -0.3 is 4.90 Å². The van der Waals surface area contributed by atoms with Crippen LogP contribution in [0.4, 0.5) is 0 Å². The van der Waals surface area contributed by atoms with Gasteiger partial charge in [0.25, 0.3) is 0 Å². The number of rotatable bonds is 1. The Bertz CT molecular complexity index is 224. The Kier molecular flexibility index (Phi) is 4.18. The number of hydrogen-bond acceptors (Lipinski definition) is 1. The molecule has 17 heavy (non-hydrogen) atoms. The topological polar surface area (TPSA) is 3.24 Å². The van der Waals surface area contributed by atoms with Crippen molar-refractivity contribution in [3.8, 4) is 0 Å². The Morgan fingerprint density at radius 1 is 0.765 bits per heavy atom. The molecule has 1 nitrogen and oxygen atoms in total. The van der Waals surface area contributed by atoms with Gasteiger partial charge in [-0.2, -0.15) is 0 Å². The van der Waals surface area contributed by atoms with E-state index in [-0.39, 0.29) is 0 Å². The van der Waals surface area contributed by atoms with E-state index < -0.39 is 0 Å². The van der Waals surface area contributed by atoms with Gasteiger partial charge in [0.2, 0.25) is 0 Å². The Morgan fingerprint density at radius 3 is 1.71 bits per heavy atom. The van der Waals surface area contributed by atoms with Gasteiger partial charge in [-0.3, -0.25) is 0 Å². The molecule has 1 saturated heterocycles. The van der Waals surface area contributed by atoms with Gasteiger partial charge in [0.1, 0.15) is 0 Å². The molecule has 2 aliphatic rings. The van der Waals surface area contributed by atoms with Crippen molar-refractivity contribution in [3.05, 3.63) is 0 Å². The van der Waals surface area contributed by atoms with Gasteiger partial charge in [-0.15, -0.1) is 0 Å². The van der Waals surface area contributed by atoms with E-state index in [1.165, 1.54) is 51.6 Å². The molecule has 0 unspecified atom stereocenters. The fourth-order valence-corrected chi connectivity index (χ4v) is 3.96. The van der Waals surface area contributed by atoms with Crippen molar-refractivity contribution >= 4 is 0 Å². The predicted octanol–water partition coefficient (Wildman–Crippen LogP) is 4.18. The van der Waals surface area contributed by atoms with Crippen LogP contribution in [0.25, 0.3) is 0 Å². The first kappa shape index (κ1) is 13.4. The van der Waals surface area contributed by atoms with Crippen molar-refractivity contribution in [1.82, 2.24) is 4.90 Å². The summed E-state index contributed by atoms with van der Waals surface area (Å²) in [6.45, 7) is 9.95. The third kappa shape index (κ3) is 3.47. The number of hydrogen-bond donors (Lipinski definition) is 0. The summed E-state index contributed by atoms with van der Waals surface area (Å²) in [5.74, 6) is 3.08. The van der Waals surface area contributed by atoms with Crippen LogP contribution >= 0.6 is 0 Å². The van der Waals surface area contributed by atoms with E-state index in [0.717, 1.165) is 17.8 Å². The molecule has 1 aliphatic heterocycles. The van der Waals surface area contributed by atoms with Crippen molar-refractivity contribution in [1.29, 1.82) is 0 Å². The van der Waals surface area contributed by atoms with Crippen LogP contribution < -0.4 is 0 Å². The second-order valence-corrected chi connectivity index (χ2v) is 7.62. The largest absolute Gasteiger partial charge is 0.306 e. The molecule has 0 amide bonds. The van der Waals surface area contributed by atoms with Crippen LogP contribution in [0.2, 0.25) is 0 Å². The highest BCUT2D eigenvalue weighted by Crippen LogP contribution is 2.43. The Balaban J connectivity index is 1.79. The average molecular weight is 237 g/mol. The summed E-state index contributed by atoms with van der Waals surface area (Å²) >= 11 is 0. The summed E-state index contributed by atoms with van der Waals surface area (Å²) in [6, 6.07) is 0. The van der Waals surface area contributed by atoms with E-state index in [1.54, 1.807) is 0 Å². The van der Waals surface area contributed by atoms with Crippen molar-refractivity contribution in [3.63, 3.8) is 0 Å². The van der Waals surface area contributed by atoms with Crippen LogP contribution in [-0.2, 0) is 0 Å². The van der Waals surface area contributed by atoms with E-state index in [1.807, 2.05) is 0 Å². The molecule has 1 heteroatoms. The van der Waals surface area contributed by atoms with Gasteiger partial charge in [0.15, 0.2) is 0 Å². The molecule has 2 rings (SSSR count). The fourth-order valence-electron chi connectivity index (χ4n) is 3.96. The Labute approximate surface area is 108 Å². The van der Waals surface area contributed by atoms with Crippen molar-refractivity contribution < 1.29 is 0 Å². The summed E-state index contributed by atoms with van der Waals surface area (Å²) < 4.78 is 0. The molecule has 0 aromatic heterocycles. The predicted molar refractivity (Wildman–Crippen MR) is 75.1 cm³/mol. The number of nitrogens with zero attached hydrogens (tertiary/aromatic N) is 1. The van der Waals surface area contributed by atoms with Gasteiger partial charge in [-0.1, -0.05) is 20.8 Å². The highest BCUT2D eigenvalue weighted by molar-refractivity contribution is 4.85. The highest BCUT2D eigenvalue weighted by atomic mass is 15.1.